The molecule has 2 nitrogen and oxygen atoms in total. The number of hydrogen-bond acceptors (Lipinski definition) is 2. The molecule has 0 heterocycles. The highest BCUT2D eigenvalue weighted by atomic mass is 19.1. The van der Waals surface area contributed by atoms with Crippen molar-refractivity contribution in [3.8, 4) is 6.07 Å². The number of rotatable bonds is 13. The van der Waals surface area contributed by atoms with Crippen molar-refractivity contribution in [3.63, 3.8) is 0 Å². The highest BCUT2D eigenvalue weighted by Crippen LogP contribution is 2.38. The van der Waals surface area contributed by atoms with Gasteiger partial charge in [-0.1, -0.05) is 70.3 Å². The topological polar surface area (TPSA) is 33.0 Å². The number of benzene rings is 1. The van der Waals surface area contributed by atoms with Crippen LogP contribution in [0, 0.1) is 46.6 Å². The summed E-state index contributed by atoms with van der Waals surface area (Å²) in [5.41, 5.74) is 0.203. The largest absolute Gasteiger partial charge is 0.381 e. The highest BCUT2D eigenvalue weighted by molar-refractivity contribution is 5.35. The molecule has 0 radical (unpaired) electrons. The van der Waals surface area contributed by atoms with Crippen LogP contribution < -0.4 is 0 Å². The van der Waals surface area contributed by atoms with E-state index in [4.69, 9.17) is 10.00 Å². The fraction of sp³-hybridized carbons (Fsp3) is 0.700. The first kappa shape index (κ1) is 26.9. The Kier molecular flexibility index (Phi) is 11.6. The van der Waals surface area contributed by atoms with Crippen LogP contribution in [0.4, 0.5) is 8.78 Å². The van der Waals surface area contributed by atoms with Crippen LogP contribution in [-0.2, 0) is 11.2 Å². The molecule has 0 amide bonds. The number of nitrogens with zero attached hydrogens (tertiary/aromatic N) is 1. The van der Waals surface area contributed by atoms with Crippen LogP contribution >= 0.6 is 0 Å². The van der Waals surface area contributed by atoms with E-state index in [9.17, 15) is 8.78 Å². The molecule has 3 rings (SSSR count). The molecule has 0 N–H and O–H groups in total. The van der Waals surface area contributed by atoms with Gasteiger partial charge in [0.2, 0.25) is 0 Å². The SMILES string of the molecule is C=CCCOCCCC1CCC(CCC2CCC(CCc3cc(F)c(C#N)c(F)c3)CC2)CC1. The van der Waals surface area contributed by atoms with Gasteiger partial charge >= 0.3 is 0 Å². The molecule has 0 spiro atoms. The summed E-state index contributed by atoms with van der Waals surface area (Å²) < 4.78 is 33.3. The minimum atomic E-state index is -0.733. The van der Waals surface area contributed by atoms with Crippen molar-refractivity contribution in [2.45, 2.75) is 96.3 Å². The summed E-state index contributed by atoms with van der Waals surface area (Å²) in [4.78, 5) is 0. The van der Waals surface area contributed by atoms with Crippen LogP contribution in [0.3, 0.4) is 0 Å². The number of halogens is 2. The zero-order valence-corrected chi connectivity index (χ0v) is 20.9. The summed E-state index contributed by atoms with van der Waals surface area (Å²) in [7, 11) is 0. The van der Waals surface area contributed by atoms with E-state index >= 15 is 0 Å². The molecular weight excluding hydrogens is 428 g/mol. The van der Waals surface area contributed by atoms with Gasteiger partial charge in [0, 0.05) is 13.2 Å². The van der Waals surface area contributed by atoms with Crippen molar-refractivity contribution >= 4 is 0 Å². The molecule has 0 saturated heterocycles. The Labute approximate surface area is 205 Å². The molecule has 2 saturated carbocycles. The second-order valence-corrected chi connectivity index (χ2v) is 10.8. The van der Waals surface area contributed by atoms with E-state index in [1.807, 2.05) is 6.08 Å². The molecule has 1 aromatic carbocycles. The molecule has 0 unspecified atom stereocenters. The predicted octanol–water partition coefficient (Wildman–Crippen LogP) is 8.53. The van der Waals surface area contributed by atoms with E-state index in [2.05, 4.69) is 6.58 Å². The van der Waals surface area contributed by atoms with Crippen molar-refractivity contribution in [3.05, 3.63) is 47.5 Å². The lowest BCUT2D eigenvalue weighted by Gasteiger charge is -2.32. The van der Waals surface area contributed by atoms with E-state index < -0.39 is 17.2 Å². The Morgan fingerprint density at radius 1 is 0.824 bits per heavy atom. The van der Waals surface area contributed by atoms with Gasteiger partial charge in [-0.2, -0.15) is 5.26 Å². The van der Waals surface area contributed by atoms with Crippen LogP contribution in [0.15, 0.2) is 24.8 Å². The van der Waals surface area contributed by atoms with Crippen LogP contribution in [-0.4, -0.2) is 13.2 Å². The normalized spacial score (nSPS) is 25.1. The molecule has 188 valence electrons. The maximum Gasteiger partial charge on any atom is 0.144 e. The Balaban J connectivity index is 1.24. The summed E-state index contributed by atoms with van der Waals surface area (Å²) in [5, 5.41) is 8.81. The van der Waals surface area contributed by atoms with Crippen LogP contribution in [0.25, 0.3) is 0 Å². The lowest BCUT2D eigenvalue weighted by Crippen LogP contribution is -2.18. The zero-order chi connectivity index (χ0) is 24.2. The second kappa shape index (κ2) is 14.6. The smallest absolute Gasteiger partial charge is 0.144 e. The molecule has 0 atom stereocenters. The van der Waals surface area contributed by atoms with Gasteiger partial charge in [0.05, 0.1) is 0 Å². The third kappa shape index (κ3) is 8.81. The monoisotopic (exact) mass is 471 g/mol. The standard InChI is InChI=1S/C30H43F2NO/c1-2-3-18-34-19-4-5-23-6-8-24(9-7-23)10-11-25-12-14-26(15-13-25)16-17-27-20-29(31)28(22-33)30(32)21-27/h2,20-21,23-26H,1,3-19H2. The van der Waals surface area contributed by atoms with Crippen molar-refractivity contribution in [2.75, 3.05) is 13.2 Å². The summed E-state index contributed by atoms with van der Waals surface area (Å²) >= 11 is 0. The van der Waals surface area contributed by atoms with Crippen LogP contribution in [0.5, 0.6) is 0 Å². The summed E-state index contributed by atoms with van der Waals surface area (Å²) in [6.07, 6.45) is 20.6. The molecule has 0 aliphatic heterocycles. The maximum atomic E-state index is 13.8. The van der Waals surface area contributed by atoms with E-state index in [1.165, 1.54) is 89.2 Å². The Bertz CT molecular complexity index is 762. The molecule has 34 heavy (non-hydrogen) atoms. The van der Waals surface area contributed by atoms with Crippen LogP contribution in [0.1, 0.15) is 101 Å². The maximum absolute atomic E-state index is 13.8. The van der Waals surface area contributed by atoms with Gasteiger partial charge in [0.25, 0.3) is 0 Å². The highest BCUT2D eigenvalue weighted by Gasteiger charge is 2.25. The number of aryl methyl sites for hydroxylation is 1. The minimum absolute atomic E-state index is 0.470. The first-order valence-electron chi connectivity index (χ1n) is 13.7. The van der Waals surface area contributed by atoms with Gasteiger partial charge < -0.3 is 4.74 Å². The van der Waals surface area contributed by atoms with E-state index in [0.29, 0.717) is 17.9 Å². The molecular formula is C30H43F2NO. The molecule has 2 aliphatic carbocycles. The van der Waals surface area contributed by atoms with Crippen molar-refractivity contribution in [1.29, 1.82) is 5.26 Å². The molecule has 4 heteroatoms. The lowest BCUT2D eigenvalue weighted by atomic mass is 9.74. The molecule has 0 aromatic heterocycles. The third-order valence-corrected chi connectivity index (χ3v) is 8.34. The van der Waals surface area contributed by atoms with Gasteiger partial charge in [-0.3, -0.25) is 0 Å². The molecule has 2 fully saturated rings. The predicted molar refractivity (Wildman–Crippen MR) is 134 cm³/mol. The Hall–Kier alpha value is -1.73. The van der Waals surface area contributed by atoms with Gasteiger partial charge in [-0.25, -0.2) is 8.78 Å². The average Bonchev–Trinajstić information content (AvgIpc) is 2.85. The lowest BCUT2D eigenvalue weighted by molar-refractivity contribution is 0.126. The van der Waals surface area contributed by atoms with Gasteiger partial charge in [-0.15, -0.1) is 6.58 Å². The second-order valence-electron chi connectivity index (χ2n) is 10.8. The summed E-state index contributed by atoms with van der Waals surface area (Å²) in [6.45, 7) is 5.44. The fourth-order valence-electron chi connectivity index (χ4n) is 6.08. The molecule has 0 bridgehead atoms. The summed E-state index contributed by atoms with van der Waals surface area (Å²) in [5.74, 6) is 1.90. The molecule has 1 aromatic rings. The number of hydrogen-bond donors (Lipinski definition) is 0. The van der Waals surface area contributed by atoms with Crippen molar-refractivity contribution < 1.29 is 13.5 Å². The number of ether oxygens (including phenoxy) is 1. The van der Waals surface area contributed by atoms with Gasteiger partial charge in [0.15, 0.2) is 0 Å². The van der Waals surface area contributed by atoms with E-state index in [0.717, 1.165) is 43.8 Å². The Morgan fingerprint density at radius 3 is 1.82 bits per heavy atom. The molecule has 2 aliphatic rings. The van der Waals surface area contributed by atoms with Crippen molar-refractivity contribution in [1.82, 2.24) is 0 Å². The van der Waals surface area contributed by atoms with Crippen LogP contribution in [0.2, 0.25) is 0 Å². The first-order chi connectivity index (χ1) is 16.6. The third-order valence-electron chi connectivity index (χ3n) is 8.34. The zero-order valence-electron chi connectivity index (χ0n) is 20.9. The average molecular weight is 472 g/mol. The van der Waals surface area contributed by atoms with E-state index in [-0.39, 0.29) is 0 Å². The fourth-order valence-corrected chi connectivity index (χ4v) is 6.08. The number of nitriles is 1. The summed E-state index contributed by atoms with van der Waals surface area (Å²) in [6, 6.07) is 4.26. The van der Waals surface area contributed by atoms with E-state index in [1.54, 1.807) is 6.07 Å². The van der Waals surface area contributed by atoms with Gasteiger partial charge in [-0.05, 0) is 73.5 Å². The Morgan fingerprint density at radius 2 is 1.32 bits per heavy atom. The van der Waals surface area contributed by atoms with Gasteiger partial charge in [0.1, 0.15) is 23.3 Å². The minimum Gasteiger partial charge on any atom is -0.381 e. The van der Waals surface area contributed by atoms with Crippen molar-refractivity contribution in [2.24, 2.45) is 23.7 Å². The quantitative estimate of drug-likeness (QED) is 0.213. The first-order valence-corrected chi connectivity index (χ1v) is 13.7.